The third-order valence-corrected chi connectivity index (χ3v) is 9.37. The Kier molecular flexibility index (Phi) is 6.12. The fraction of sp³-hybridized carbons (Fsp3) is 0.0698. The Morgan fingerprint density at radius 1 is 0.447 bits per heavy atom. The molecule has 0 atom stereocenters. The first-order valence-electron chi connectivity index (χ1n) is 15.9. The number of aromatic nitrogens is 2. The van der Waals surface area contributed by atoms with Gasteiger partial charge in [-0.15, -0.1) is 0 Å². The zero-order valence-electron chi connectivity index (χ0n) is 26.1. The lowest BCUT2D eigenvalue weighted by molar-refractivity contribution is 0.361. The number of fused-ring (bicyclic) bond motifs is 6. The van der Waals surface area contributed by atoms with Crippen LogP contribution in [0.25, 0.3) is 56.2 Å². The van der Waals surface area contributed by atoms with Gasteiger partial charge < -0.3 is 9.47 Å². The molecule has 0 N–H and O–H groups in total. The highest BCUT2D eigenvalue weighted by Gasteiger charge is 2.39. The van der Waals surface area contributed by atoms with E-state index in [-0.39, 0.29) is 5.41 Å². The van der Waals surface area contributed by atoms with Crippen LogP contribution in [0.1, 0.15) is 25.0 Å². The smallest absolute Gasteiger partial charge is 0.179 e. The maximum atomic E-state index is 6.76. The molecule has 0 saturated heterocycles. The highest BCUT2D eigenvalue weighted by atomic mass is 16.6. The molecule has 0 fully saturated rings. The van der Waals surface area contributed by atoms with Crippen LogP contribution >= 0.6 is 0 Å². The number of benzene rings is 6. The van der Waals surface area contributed by atoms with Crippen LogP contribution in [0, 0.1) is 0 Å². The molecule has 0 bridgehead atoms. The second kappa shape index (κ2) is 10.5. The van der Waals surface area contributed by atoms with Crippen molar-refractivity contribution in [2.75, 3.05) is 0 Å². The van der Waals surface area contributed by atoms with Crippen LogP contribution in [0.3, 0.4) is 0 Å². The second-order valence-electron chi connectivity index (χ2n) is 12.6. The molecule has 1 aliphatic heterocycles. The van der Waals surface area contributed by atoms with Crippen LogP contribution < -0.4 is 9.47 Å². The summed E-state index contributed by atoms with van der Waals surface area (Å²) in [7, 11) is 0. The normalized spacial score (nSPS) is 13.4. The van der Waals surface area contributed by atoms with Gasteiger partial charge in [0.2, 0.25) is 0 Å². The Balaban J connectivity index is 1.18. The fourth-order valence-electron chi connectivity index (χ4n) is 6.99. The third kappa shape index (κ3) is 4.44. The van der Waals surface area contributed by atoms with E-state index in [2.05, 4.69) is 105 Å². The van der Waals surface area contributed by atoms with E-state index in [0.717, 1.165) is 50.5 Å². The van der Waals surface area contributed by atoms with Gasteiger partial charge in [0.1, 0.15) is 0 Å². The van der Waals surface area contributed by atoms with E-state index in [1.165, 1.54) is 16.7 Å². The molecule has 0 saturated carbocycles. The average molecular weight is 607 g/mol. The van der Waals surface area contributed by atoms with Crippen molar-refractivity contribution in [2.24, 2.45) is 0 Å². The minimum Gasteiger partial charge on any atom is -0.449 e. The Hall–Kier alpha value is -6.00. The molecule has 47 heavy (non-hydrogen) atoms. The number of para-hydroxylation sites is 1. The van der Waals surface area contributed by atoms with Gasteiger partial charge in [-0.2, -0.15) is 0 Å². The van der Waals surface area contributed by atoms with Gasteiger partial charge in [0.25, 0.3) is 0 Å². The molecule has 7 aromatic rings. The summed E-state index contributed by atoms with van der Waals surface area (Å²) in [6.45, 7) is 4.54. The quantitative estimate of drug-likeness (QED) is 0.200. The second-order valence-corrected chi connectivity index (χ2v) is 12.6. The molecule has 9 rings (SSSR count). The summed E-state index contributed by atoms with van der Waals surface area (Å²) < 4.78 is 13.5. The minimum atomic E-state index is -0.130. The van der Waals surface area contributed by atoms with Crippen molar-refractivity contribution in [3.8, 4) is 79.2 Å². The lowest BCUT2D eigenvalue weighted by Crippen LogP contribution is -2.15. The molecule has 2 aliphatic rings. The molecule has 1 aromatic heterocycles. The van der Waals surface area contributed by atoms with Crippen LogP contribution in [-0.2, 0) is 5.41 Å². The Morgan fingerprint density at radius 3 is 1.89 bits per heavy atom. The van der Waals surface area contributed by atoms with Crippen LogP contribution in [0.4, 0.5) is 0 Å². The van der Waals surface area contributed by atoms with Crippen molar-refractivity contribution in [3.63, 3.8) is 0 Å². The summed E-state index contributed by atoms with van der Waals surface area (Å²) in [6, 6.07) is 49.9. The lowest BCUT2D eigenvalue weighted by Gasteiger charge is -2.26. The molecular formula is C43H30N2O2. The van der Waals surface area contributed by atoms with E-state index >= 15 is 0 Å². The van der Waals surface area contributed by atoms with E-state index in [1.807, 2.05) is 54.6 Å². The van der Waals surface area contributed by atoms with E-state index in [9.17, 15) is 0 Å². The molecule has 4 nitrogen and oxygen atoms in total. The predicted octanol–water partition coefficient (Wildman–Crippen LogP) is 11.3. The van der Waals surface area contributed by atoms with Gasteiger partial charge >= 0.3 is 0 Å². The van der Waals surface area contributed by atoms with Crippen molar-refractivity contribution in [1.82, 2.24) is 9.97 Å². The Bertz CT molecular complexity index is 2330. The maximum Gasteiger partial charge on any atom is 0.179 e. The minimum absolute atomic E-state index is 0.130. The first-order valence-corrected chi connectivity index (χ1v) is 15.9. The number of ether oxygens (including phenoxy) is 2. The van der Waals surface area contributed by atoms with Crippen molar-refractivity contribution in [2.45, 2.75) is 19.3 Å². The molecule has 0 spiro atoms. The summed E-state index contributed by atoms with van der Waals surface area (Å²) in [5.41, 5.74) is 11.4. The number of hydrogen-bond acceptors (Lipinski definition) is 4. The third-order valence-electron chi connectivity index (χ3n) is 9.37. The van der Waals surface area contributed by atoms with Gasteiger partial charge in [-0.05, 0) is 58.1 Å². The molecule has 0 amide bonds. The van der Waals surface area contributed by atoms with Crippen molar-refractivity contribution < 1.29 is 9.47 Å². The van der Waals surface area contributed by atoms with E-state index < -0.39 is 0 Å². The summed E-state index contributed by atoms with van der Waals surface area (Å²) >= 11 is 0. The van der Waals surface area contributed by atoms with Crippen molar-refractivity contribution in [3.05, 3.63) is 157 Å². The summed E-state index contributed by atoms with van der Waals surface area (Å²) in [5, 5.41) is 0. The summed E-state index contributed by atoms with van der Waals surface area (Å²) in [4.78, 5) is 10.2. The zero-order chi connectivity index (χ0) is 31.5. The van der Waals surface area contributed by atoms with Crippen LogP contribution in [0.15, 0.2) is 146 Å². The SMILES string of the molecule is CC1(C)c2ccccc2-c2c1ccc1c2Oc2cccc(-c3cc(-c4ccccc4)nc(-c4cccc(-c5ccccc5)c4)n3)c2O1. The lowest BCUT2D eigenvalue weighted by atomic mass is 9.82. The average Bonchev–Trinajstić information content (AvgIpc) is 3.37. The highest BCUT2D eigenvalue weighted by Crippen LogP contribution is 2.59. The Morgan fingerprint density at radius 2 is 1.06 bits per heavy atom. The zero-order valence-corrected chi connectivity index (χ0v) is 26.1. The maximum absolute atomic E-state index is 6.76. The largest absolute Gasteiger partial charge is 0.449 e. The Labute approximate surface area is 274 Å². The van der Waals surface area contributed by atoms with E-state index in [4.69, 9.17) is 19.4 Å². The summed E-state index contributed by atoms with van der Waals surface area (Å²) in [5.74, 6) is 3.41. The van der Waals surface area contributed by atoms with Gasteiger partial charge in [-0.1, -0.05) is 129 Å². The molecule has 224 valence electrons. The van der Waals surface area contributed by atoms with Gasteiger partial charge in [-0.3, -0.25) is 0 Å². The summed E-state index contributed by atoms with van der Waals surface area (Å²) in [6.07, 6.45) is 0. The number of nitrogens with zero attached hydrogens (tertiary/aromatic N) is 2. The molecule has 1 aliphatic carbocycles. The molecule has 6 aromatic carbocycles. The van der Waals surface area contributed by atoms with E-state index in [0.29, 0.717) is 23.1 Å². The van der Waals surface area contributed by atoms with Crippen molar-refractivity contribution >= 4 is 0 Å². The number of rotatable bonds is 4. The van der Waals surface area contributed by atoms with Crippen LogP contribution in [0.5, 0.6) is 23.0 Å². The van der Waals surface area contributed by atoms with Gasteiger partial charge in [0, 0.05) is 27.7 Å². The fourth-order valence-corrected chi connectivity index (χ4v) is 6.99. The monoisotopic (exact) mass is 606 g/mol. The first-order chi connectivity index (χ1) is 23.0. The highest BCUT2D eigenvalue weighted by molar-refractivity contribution is 5.89. The van der Waals surface area contributed by atoms with Crippen LogP contribution in [0.2, 0.25) is 0 Å². The molecule has 0 radical (unpaired) electrons. The topological polar surface area (TPSA) is 44.2 Å². The van der Waals surface area contributed by atoms with Crippen molar-refractivity contribution in [1.29, 1.82) is 0 Å². The molecular weight excluding hydrogens is 576 g/mol. The standard InChI is InChI=1S/C43H30N2O2/c1-43(2)33-21-10-9-19-31(33)39-34(43)23-24-38-41(39)47-37-22-12-20-32(40(37)46-38)36-26-35(28-15-7-4-8-16-28)44-42(45-36)30-18-11-17-29(25-30)27-13-5-3-6-14-27/h3-26H,1-2H3. The van der Waals surface area contributed by atoms with E-state index in [1.54, 1.807) is 0 Å². The predicted molar refractivity (Wildman–Crippen MR) is 188 cm³/mol. The first kappa shape index (κ1) is 27.3. The van der Waals surface area contributed by atoms with Gasteiger partial charge in [-0.25, -0.2) is 9.97 Å². The molecule has 2 heterocycles. The van der Waals surface area contributed by atoms with Gasteiger partial charge in [0.15, 0.2) is 28.8 Å². The number of hydrogen-bond donors (Lipinski definition) is 0. The molecule has 4 heteroatoms. The van der Waals surface area contributed by atoms with Gasteiger partial charge in [0.05, 0.1) is 11.4 Å². The molecule has 0 unspecified atom stereocenters. The van der Waals surface area contributed by atoms with Crippen LogP contribution in [-0.4, -0.2) is 9.97 Å².